The number of aromatic amines is 1. The maximum Gasteiger partial charge on any atom is 0.328 e. The van der Waals surface area contributed by atoms with Gasteiger partial charge in [0.05, 0.1) is 17.9 Å². The van der Waals surface area contributed by atoms with Crippen molar-refractivity contribution in [1.29, 1.82) is 0 Å². The molecule has 0 amide bonds. The van der Waals surface area contributed by atoms with Crippen molar-refractivity contribution in [2.24, 2.45) is 5.92 Å². The zero-order chi connectivity index (χ0) is 22.8. The molecule has 3 N–H and O–H groups in total. The van der Waals surface area contributed by atoms with Crippen LogP contribution in [0.25, 0.3) is 0 Å². The number of nitro benzene ring substituents is 1. The number of aliphatic carboxylic acids is 2. The van der Waals surface area contributed by atoms with Gasteiger partial charge < -0.3 is 19.9 Å². The Morgan fingerprint density at radius 1 is 1.23 bits per heavy atom. The first-order valence-corrected chi connectivity index (χ1v) is 9.34. The average molecular weight is 431 g/mol. The van der Waals surface area contributed by atoms with Gasteiger partial charge in [0.1, 0.15) is 0 Å². The Hall–Kier alpha value is -4.02. The van der Waals surface area contributed by atoms with Crippen LogP contribution in [0, 0.1) is 16.0 Å². The molecular formula is C20H21N3O8. The molecule has 0 unspecified atom stereocenters. The van der Waals surface area contributed by atoms with E-state index >= 15 is 0 Å². The van der Waals surface area contributed by atoms with Gasteiger partial charge in [0.15, 0.2) is 11.5 Å². The SMILES string of the molecule is O=C(O)/C=C\C(=O)O.O=C(c1ccc(OCCCc2cnc[nH]2)c([N+](=O)[O-])c1)C1CC1. The van der Waals surface area contributed by atoms with E-state index in [2.05, 4.69) is 9.97 Å². The number of H-pyrrole nitrogens is 1. The summed E-state index contributed by atoms with van der Waals surface area (Å²) in [5.41, 5.74) is 1.23. The maximum absolute atomic E-state index is 12.0. The van der Waals surface area contributed by atoms with Crippen LogP contribution in [-0.4, -0.2) is 49.4 Å². The number of carboxylic acids is 2. The van der Waals surface area contributed by atoms with Crippen LogP contribution in [0.1, 0.15) is 35.3 Å². The molecular weight excluding hydrogens is 410 g/mol. The topological polar surface area (TPSA) is 173 Å². The van der Waals surface area contributed by atoms with Gasteiger partial charge in [0.2, 0.25) is 0 Å². The van der Waals surface area contributed by atoms with Crippen LogP contribution >= 0.6 is 0 Å². The second-order valence-corrected chi connectivity index (χ2v) is 6.62. The summed E-state index contributed by atoms with van der Waals surface area (Å²) in [6.07, 6.45) is 7.67. The van der Waals surface area contributed by atoms with Gasteiger partial charge >= 0.3 is 17.6 Å². The van der Waals surface area contributed by atoms with Gasteiger partial charge in [-0.25, -0.2) is 14.6 Å². The van der Waals surface area contributed by atoms with Crippen LogP contribution < -0.4 is 4.74 Å². The first kappa shape index (κ1) is 23.3. The lowest BCUT2D eigenvalue weighted by molar-refractivity contribution is -0.385. The second kappa shape index (κ2) is 11.2. The fourth-order valence-corrected chi connectivity index (χ4v) is 2.53. The fourth-order valence-electron chi connectivity index (χ4n) is 2.53. The molecule has 1 fully saturated rings. The number of aromatic nitrogens is 2. The zero-order valence-electron chi connectivity index (χ0n) is 16.4. The summed E-state index contributed by atoms with van der Waals surface area (Å²) in [5, 5.41) is 26.8. The van der Waals surface area contributed by atoms with Crippen molar-refractivity contribution >= 4 is 23.4 Å². The Balaban J connectivity index is 0.000000366. The highest BCUT2D eigenvalue weighted by molar-refractivity contribution is 6.00. The van der Waals surface area contributed by atoms with E-state index in [1.165, 1.54) is 12.1 Å². The number of hydrogen-bond donors (Lipinski definition) is 3. The van der Waals surface area contributed by atoms with E-state index in [0.29, 0.717) is 30.7 Å². The van der Waals surface area contributed by atoms with Crippen molar-refractivity contribution in [1.82, 2.24) is 9.97 Å². The number of imidazole rings is 1. The van der Waals surface area contributed by atoms with Crippen LogP contribution in [0.5, 0.6) is 5.75 Å². The van der Waals surface area contributed by atoms with E-state index in [1.807, 2.05) is 0 Å². The number of ketones is 1. The lowest BCUT2D eigenvalue weighted by Crippen LogP contribution is -2.05. The van der Waals surface area contributed by atoms with Crippen LogP contribution in [0.3, 0.4) is 0 Å². The van der Waals surface area contributed by atoms with Gasteiger partial charge in [0.25, 0.3) is 0 Å². The fraction of sp³-hybridized carbons (Fsp3) is 0.300. The Bertz CT molecular complexity index is 949. The molecule has 0 spiro atoms. The molecule has 0 radical (unpaired) electrons. The lowest BCUT2D eigenvalue weighted by Gasteiger charge is -2.07. The van der Waals surface area contributed by atoms with E-state index in [9.17, 15) is 24.5 Å². The summed E-state index contributed by atoms with van der Waals surface area (Å²) in [6.45, 7) is 0.357. The number of hydrogen-bond acceptors (Lipinski definition) is 7. The van der Waals surface area contributed by atoms with Gasteiger partial charge in [0, 0.05) is 41.6 Å². The number of benzene rings is 1. The molecule has 1 aromatic carbocycles. The molecule has 0 bridgehead atoms. The van der Waals surface area contributed by atoms with E-state index < -0.39 is 16.9 Å². The number of nitrogens with one attached hydrogen (secondary N) is 1. The molecule has 11 heteroatoms. The summed E-state index contributed by atoms with van der Waals surface area (Å²) in [7, 11) is 0. The van der Waals surface area contributed by atoms with Crippen molar-refractivity contribution in [2.45, 2.75) is 25.7 Å². The smallest absolute Gasteiger partial charge is 0.328 e. The summed E-state index contributed by atoms with van der Waals surface area (Å²) >= 11 is 0. The highest BCUT2D eigenvalue weighted by atomic mass is 16.6. The third kappa shape index (κ3) is 8.09. The minimum Gasteiger partial charge on any atom is -0.487 e. The molecule has 31 heavy (non-hydrogen) atoms. The number of nitrogens with zero attached hydrogens (tertiary/aromatic N) is 2. The van der Waals surface area contributed by atoms with Crippen LogP contribution in [0.15, 0.2) is 42.9 Å². The molecule has 11 nitrogen and oxygen atoms in total. The minimum atomic E-state index is -1.26. The molecule has 1 saturated carbocycles. The Morgan fingerprint density at radius 2 is 1.90 bits per heavy atom. The van der Waals surface area contributed by atoms with Crippen LogP contribution in [0.2, 0.25) is 0 Å². The summed E-state index contributed by atoms with van der Waals surface area (Å²) in [4.78, 5) is 48.7. The maximum atomic E-state index is 12.0. The molecule has 1 aliphatic carbocycles. The molecule has 3 rings (SSSR count). The molecule has 1 heterocycles. The first-order chi connectivity index (χ1) is 14.8. The van der Waals surface area contributed by atoms with Crippen molar-refractivity contribution < 1.29 is 34.3 Å². The number of carboxylic acid groups (broad SMARTS) is 2. The summed E-state index contributed by atoms with van der Waals surface area (Å²) in [6, 6.07) is 4.45. The second-order valence-electron chi connectivity index (χ2n) is 6.62. The number of carbonyl (C=O) groups excluding carboxylic acids is 1. The quantitative estimate of drug-likeness (QED) is 0.168. The third-order valence-corrected chi connectivity index (χ3v) is 4.16. The van der Waals surface area contributed by atoms with Crippen molar-refractivity contribution in [3.05, 3.63) is 64.2 Å². The molecule has 1 aliphatic rings. The number of Topliss-reactive ketones (excluding diaryl/α,β-unsaturated/α-hetero) is 1. The van der Waals surface area contributed by atoms with E-state index in [-0.39, 0.29) is 23.1 Å². The molecule has 2 aromatic rings. The first-order valence-electron chi connectivity index (χ1n) is 9.34. The predicted octanol–water partition coefficient (Wildman–Crippen LogP) is 2.63. The van der Waals surface area contributed by atoms with Gasteiger partial charge in [-0.1, -0.05) is 0 Å². The number of nitro groups is 1. The minimum absolute atomic E-state index is 0.0149. The highest BCUT2D eigenvalue weighted by Gasteiger charge is 2.31. The molecule has 1 aromatic heterocycles. The van der Waals surface area contributed by atoms with Gasteiger partial charge in [-0.2, -0.15) is 0 Å². The van der Waals surface area contributed by atoms with Gasteiger partial charge in [-0.3, -0.25) is 14.9 Å². The Labute approximate surface area is 176 Å². The third-order valence-electron chi connectivity index (χ3n) is 4.16. The van der Waals surface area contributed by atoms with Crippen molar-refractivity contribution in [3.63, 3.8) is 0 Å². The predicted molar refractivity (Wildman–Crippen MR) is 107 cm³/mol. The largest absolute Gasteiger partial charge is 0.487 e. The van der Waals surface area contributed by atoms with E-state index in [4.69, 9.17) is 14.9 Å². The lowest BCUT2D eigenvalue weighted by atomic mass is 10.1. The standard InChI is InChI=1S/C16H17N3O4.C4H4O4/c20-16(11-3-4-11)12-5-6-15(14(8-12)19(21)22)23-7-1-2-13-9-17-10-18-13;5-3(6)1-2-4(7)8/h5-6,8-11H,1-4,7H2,(H,17,18);1-2H,(H,5,6)(H,7,8)/b;2-1-. The number of ether oxygens (including phenoxy) is 1. The monoisotopic (exact) mass is 431 g/mol. The average Bonchev–Trinajstić information content (AvgIpc) is 3.45. The molecule has 164 valence electrons. The Morgan fingerprint density at radius 3 is 2.42 bits per heavy atom. The molecule has 0 saturated heterocycles. The van der Waals surface area contributed by atoms with Crippen LogP contribution in [0.4, 0.5) is 5.69 Å². The van der Waals surface area contributed by atoms with Gasteiger partial charge in [-0.05, 0) is 37.8 Å². The van der Waals surface area contributed by atoms with Gasteiger partial charge in [-0.15, -0.1) is 0 Å². The van der Waals surface area contributed by atoms with Crippen molar-refractivity contribution in [3.8, 4) is 5.75 Å². The summed E-state index contributed by atoms with van der Waals surface area (Å²) < 4.78 is 5.52. The zero-order valence-corrected chi connectivity index (χ0v) is 16.4. The Kier molecular flexibility index (Phi) is 8.43. The number of carbonyl (C=O) groups is 3. The normalized spacial score (nSPS) is 12.6. The highest BCUT2D eigenvalue weighted by Crippen LogP contribution is 2.35. The van der Waals surface area contributed by atoms with Crippen LogP contribution in [-0.2, 0) is 16.0 Å². The number of rotatable bonds is 10. The molecule has 0 aliphatic heterocycles. The molecule has 0 atom stereocenters. The van der Waals surface area contributed by atoms with E-state index in [0.717, 1.165) is 25.0 Å². The summed E-state index contributed by atoms with van der Waals surface area (Å²) in [5.74, 6) is -2.29. The van der Waals surface area contributed by atoms with Crippen molar-refractivity contribution in [2.75, 3.05) is 6.61 Å². The van der Waals surface area contributed by atoms with E-state index in [1.54, 1.807) is 18.6 Å². The number of aryl methyl sites for hydroxylation is 1.